The third-order valence-corrected chi connectivity index (χ3v) is 5.31. The molecule has 0 aliphatic carbocycles. The lowest BCUT2D eigenvalue weighted by molar-refractivity contribution is -0.121. The van der Waals surface area contributed by atoms with E-state index in [1.165, 1.54) is 11.3 Å². The Morgan fingerprint density at radius 2 is 1.62 bits per heavy atom. The fraction of sp³-hybridized carbons (Fsp3) is 0.389. The number of aromatic nitrogens is 2. The van der Waals surface area contributed by atoms with Crippen LogP contribution in [0.3, 0.4) is 0 Å². The lowest BCUT2D eigenvalue weighted by Crippen LogP contribution is -2.50. The van der Waals surface area contributed by atoms with Crippen LogP contribution in [0.1, 0.15) is 59.3 Å². The molecular weight excluding hydrogens is 352 g/mol. The minimum atomic E-state index is -0.922. The van der Waals surface area contributed by atoms with Gasteiger partial charge in [-0.3, -0.25) is 24.6 Å². The highest BCUT2D eigenvalue weighted by molar-refractivity contribution is 7.15. The Labute approximate surface area is 155 Å². The number of hydrogen-bond acceptors (Lipinski definition) is 6. The zero-order chi connectivity index (χ0) is 19.0. The number of anilines is 1. The zero-order valence-corrected chi connectivity index (χ0v) is 15.8. The van der Waals surface area contributed by atoms with Crippen molar-refractivity contribution in [3.63, 3.8) is 0 Å². The first-order valence-electron chi connectivity index (χ1n) is 8.42. The van der Waals surface area contributed by atoms with Crippen LogP contribution in [-0.4, -0.2) is 38.9 Å². The highest BCUT2D eigenvalue weighted by Crippen LogP contribution is 2.28. The van der Waals surface area contributed by atoms with Crippen LogP contribution in [0.15, 0.2) is 24.3 Å². The number of rotatable bonds is 5. The summed E-state index contributed by atoms with van der Waals surface area (Å²) in [5.74, 6) is -1.38. The van der Waals surface area contributed by atoms with Gasteiger partial charge >= 0.3 is 0 Å². The average molecular weight is 372 g/mol. The molecule has 1 unspecified atom stereocenters. The van der Waals surface area contributed by atoms with Gasteiger partial charge in [-0.25, -0.2) is 0 Å². The van der Waals surface area contributed by atoms with Crippen molar-refractivity contribution in [3.8, 4) is 0 Å². The molecule has 0 saturated carbocycles. The van der Waals surface area contributed by atoms with Gasteiger partial charge in [-0.1, -0.05) is 51.2 Å². The van der Waals surface area contributed by atoms with Gasteiger partial charge in [0.2, 0.25) is 11.0 Å². The first kappa shape index (κ1) is 18.2. The standard InChI is InChI=1S/C18H20N4O3S/c1-9(2)13(14(23)19-18-21-20-15(26-18)10(3)4)22-16(24)11-7-5-6-8-12(11)17(22)25/h5-10,13H,1-4H3,(H,19,21,23). The highest BCUT2D eigenvalue weighted by atomic mass is 32.1. The van der Waals surface area contributed by atoms with E-state index >= 15 is 0 Å². The first-order chi connectivity index (χ1) is 12.3. The van der Waals surface area contributed by atoms with Gasteiger partial charge in [-0.2, -0.15) is 0 Å². The van der Waals surface area contributed by atoms with E-state index < -0.39 is 23.8 Å². The van der Waals surface area contributed by atoms with Crippen LogP contribution in [0.2, 0.25) is 0 Å². The molecule has 2 aromatic rings. The fourth-order valence-electron chi connectivity index (χ4n) is 2.88. The van der Waals surface area contributed by atoms with Gasteiger partial charge < -0.3 is 0 Å². The summed E-state index contributed by atoms with van der Waals surface area (Å²) in [6.07, 6.45) is 0. The third kappa shape index (κ3) is 3.12. The minimum absolute atomic E-state index is 0.204. The Bertz CT molecular complexity index is 840. The second kappa shape index (κ2) is 6.95. The number of hydrogen-bond donors (Lipinski definition) is 1. The molecule has 0 spiro atoms. The number of nitrogens with one attached hydrogen (secondary N) is 1. The Hall–Kier alpha value is -2.61. The SMILES string of the molecule is CC(C)c1nnc(NC(=O)C(C(C)C)N2C(=O)c3ccccc3C2=O)s1. The molecule has 0 radical (unpaired) electrons. The summed E-state index contributed by atoms with van der Waals surface area (Å²) in [7, 11) is 0. The van der Waals surface area contributed by atoms with Gasteiger partial charge in [0.25, 0.3) is 11.8 Å². The van der Waals surface area contributed by atoms with E-state index in [4.69, 9.17) is 0 Å². The van der Waals surface area contributed by atoms with E-state index in [-0.39, 0.29) is 11.8 Å². The van der Waals surface area contributed by atoms with Crippen molar-refractivity contribution in [2.75, 3.05) is 5.32 Å². The first-order valence-corrected chi connectivity index (χ1v) is 9.24. The number of amides is 3. The van der Waals surface area contributed by atoms with Crippen LogP contribution >= 0.6 is 11.3 Å². The maximum Gasteiger partial charge on any atom is 0.262 e. The van der Waals surface area contributed by atoms with E-state index in [0.29, 0.717) is 16.3 Å². The number of carbonyl (C=O) groups is 3. The molecule has 7 nitrogen and oxygen atoms in total. The zero-order valence-electron chi connectivity index (χ0n) is 15.0. The van der Waals surface area contributed by atoms with Gasteiger partial charge in [0.1, 0.15) is 11.0 Å². The van der Waals surface area contributed by atoms with Crippen molar-refractivity contribution in [2.24, 2.45) is 5.92 Å². The quantitative estimate of drug-likeness (QED) is 0.815. The molecule has 1 N–H and O–H groups in total. The minimum Gasteiger partial charge on any atom is -0.299 e. The van der Waals surface area contributed by atoms with E-state index in [9.17, 15) is 14.4 Å². The van der Waals surface area contributed by atoms with Crippen molar-refractivity contribution in [1.82, 2.24) is 15.1 Å². The molecule has 8 heteroatoms. The van der Waals surface area contributed by atoms with Crippen LogP contribution in [0, 0.1) is 5.92 Å². The van der Waals surface area contributed by atoms with Gasteiger partial charge in [0.05, 0.1) is 11.1 Å². The molecule has 1 aromatic carbocycles. The van der Waals surface area contributed by atoms with Crippen molar-refractivity contribution < 1.29 is 14.4 Å². The van der Waals surface area contributed by atoms with Crippen LogP contribution in [-0.2, 0) is 4.79 Å². The Kier molecular flexibility index (Phi) is 4.86. The van der Waals surface area contributed by atoms with Crippen molar-refractivity contribution >= 4 is 34.2 Å². The Balaban J connectivity index is 1.86. The lowest BCUT2D eigenvalue weighted by atomic mass is 10.0. The van der Waals surface area contributed by atoms with E-state index in [1.54, 1.807) is 38.1 Å². The molecule has 26 heavy (non-hydrogen) atoms. The van der Waals surface area contributed by atoms with E-state index in [1.807, 2.05) is 13.8 Å². The largest absolute Gasteiger partial charge is 0.299 e. The highest BCUT2D eigenvalue weighted by Gasteiger charge is 2.44. The van der Waals surface area contributed by atoms with Crippen molar-refractivity contribution in [3.05, 3.63) is 40.4 Å². The van der Waals surface area contributed by atoms with E-state index in [2.05, 4.69) is 15.5 Å². The molecule has 1 aliphatic rings. The fourth-order valence-corrected chi connectivity index (χ4v) is 3.63. The van der Waals surface area contributed by atoms with Crippen LogP contribution in [0.5, 0.6) is 0 Å². The Morgan fingerprint density at radius 3 is 2.08 bits per heavy atom. The summed E-state index contributed by atoms with van der Waals surface area (Å²) in [6.45, 7) is 7.57. The molecule has 1 aliphatic heterocycles. The number of imide groups is 1. The van der Waals surface area contributed by atoms with Crippen molar-refractivity contribution in [1.29, 1.82) is 0 Å². The average Bonchev–Trinajstić information content (AvgIpc) is 3.14. The van der Waals surface area contributed by atoms with Gasteiger partial charge in [-0.05, 0) is 18.1 Å². The molecule has 136 valence electrons. The topological polar surface area (TPSA) is 92.3 Å². The van der Waals surface area contributed by atoms with Gasteiger partial charge in [0.15, 0.2) is 0 Å². The molecule has 0 saturated heterocycles. The number of carbonyl (C=O) groups excluding carboxylic acids is 3. The number of nitrogens with zero attached hydrogens (tertiary/aromatic N) is 3. The number of fused-ring (bicyclic) bond motifs is 1. The molecule has 1 aromatic heterocycles. The molecule has 2 heterocycles. The second-order valence-corrected chi connectivity index (χ2v) is 7.81. The van der Waals surface area contributed by atoms with Crippen molar-refractivity contribution in [2.45, 2.75) is 39.7 Å². The third-order valence-electron chi connectivity index (χ3n) is 4.17. The van der Waals surface area contributed by atoms with Crippen LogP contribution < -0.4 is 5.32 Å². The van der Waals surface area contributed by atoms with Gasteiger partial charge in [-0.15, -0.1) is 10.2 Å². The maximum absolute atomic E-state index is 12.8. The summed E-state index contributed by atoms with van der Waals surface area (Å²) < 4.78 is 0. The predicted molar refractivity (Wildman–Crippen MR) is 98.2 cm³/mol. The van der Waals surface area contributed by atoms with Crippen LogP contribution in [0.4, 0.5) is 5.13 Å². The predicted octanol–water partition coefficient (Wildman–Crippen LogP) is 2.92. The molecule has 3 amide bonds. The van der Waals surface area contributed by atoms with E-state index in [0.717, 1.165) is 9.91 Å². The normalized spacial score (nSPS) is 14.9. The summed E-state index contributed by atoms with van der Waals surface area (Å²) in [5, 5.41) is 11.9. The maximum atomic E-state index is 12.8. The second-order valence-electron chi connectivity index (χ2n) is 6.80. The molecule has 1 atom stereocenters. The van der Waals surface area contributed by atoms with Crippen LogP contribution in [0.25, 0.3) is 0 Å². The summed E-state index contributed by atoms with van der Waals surface area (Å²) >= 11 is 1.29. The molecular formula is C18H20N4O3S. The molecule has 0 fully saturated rings. The summed E-state index contributed by atoms with van der Waals surface area (Å²) in [5.41, 5.74) is 0.655. The molecule has 3 rings (SSSR count). The Morgan fingerprint density at radius 1 is 1.04 bits per heavy atom. The summed E-state index contributed by atoms with van der Waals surface area (Å²) in [6, 6.07) is 5.68. The smallest absolute Gasteiger partial charge is 0.262 e. The molecule has 0 bridgehead atoms. The monoisotopic (exact) mass is 372 g/mol. The van der Waals surface area contributed by atoms with Gasteiger partial charge in [0, 0.05) is 5.92 Å². The lowest BCUT2D eigenvalue weighted by Gasteiger charge is -2.27. The number of benzene rings is 1. The summed E-state index contributed by atoms with van der Waals surface area (Å²) in [4.78, 5) is 39.3.